The van der Waals surface area contributed by atoms with E-state index in [1.54, 1.807) is 11.8 Å². The Balaban J connectivity index is 1.51. The van der Waals surface area contributed by atoms with Gasteiger partial charge in [0.2, 0.25) is 5.91 Å². The summed E-state index contributed by atoms with van der Waals surface area (Å²) >= 11 is 1.57. The molecule has 1 aliphatic rings. The van der Waals surface area contributed by atoms with E-state index in [1.165, 1.54) is 18.5 Å². The number of rotatable bonds is 6. The van der Waals surface area contributed by atoms with Crippen molar-refractivity contribution >= 4 is 23.4 Å². The Morgan fingerprint density at radius 3 is 2.62 bits per heavy atom. The van der Waals surface area contributed by atoms with E-state index in [4.69, 9.17) is 0 Å². The second-order valence-corrected chi connectivity index (χ2v) is 8.22. The molecule has 1 aliphatic heterocycles. The highest BCUT2D eigenvalue weighted by atomic mass is 32.2. The van der Waals surface area contributed by atoms with Crippen molar-refractivity contribution in [1.82, 2.24) is 5.32 Å². The first-order valence-electron chi connectivity index (χ1n) is 9.44. The second kappa shape index (κ2) is 9.13. The smallest absolute Gasteiger partial charge is 0.230 e. The lowest BCUT2D eigenvalue weighted by Crippen LogP contribution is -2.34. The molecule has 2 atom stereocenters. The molecule has 4 heteroatoms. The minimum absolute atomic E-state index is 0.0215. The number of anilines is 1. The van der Waals surface area contributed by atoms with E-state index in [9.17, 15) is 4.79 Å². The summed E-state index contributed by atoms with van der Waals surface area (Å²) in [5, 5.41) is 3.10. The molecule has 2 aromatic rings. The maximum absolute atomic E-state index is 12.2. The van der Waals surface area contributed by atoms with Crippen molar-refractivity contribution < 1.29 is 4.79 Å². The lowest BCUT2D eigenvalue weighted by molar-refractivity contribution is -0.119. The average molecular weight is 369 g/mol. The molecule has 138 valence electrons. The van der Waals surface area contributed by atoms with Crippen LogP contribution in [0.2, 0.25) is 0 Å². The zero-order chi connectivity index (χ0) is 18.4. The summed E-state index contributed by atoms with van der Waals surface area (Å²) in [5.74, 6) is 1.28. The Morgan fingerprint density at radius 2 is 1.92 bits per heavy atom. The van der Waals surface area contributed by atoms with Gasteiger partial charge >= 0.3 is 0 Å². The molecule has 0 spiro atoms. The molecule has 2 aromatic carbocycles. The molecular weight excluding hydrogens is 340 g/mol. The Labute approximate surface area is 161 Å². The third kappa shape index (κ3) is 5.28. The van der Waals surface area contributed by atoms with Gasteiger partial charge < -0.3 is 10.2 Å². The van der Waals surface area contributed by atoms with Crippen molar-refractivity contribution in [3.8, 4) is 0 Å². The molecule has 0 bridgehead atoms. The van der Waals surface area contributed by atoms with Gasteiger partial charge in [0.05, 0.1) is 11.8 Å². The van der Waals surface area contributed by atoms with Crippen LogP contribution in [-0.4, -0.2) is 24.7 Å². The van der Waals surface area contributed by atoms with Gasteiger partial charge in [0.1, 0.15) is 0 Å². The fraction of sp³-hybridized carbons (Fsp3) is 0.409. The monoisotopic (exact) mass is 368 g/mol. The summed E-state index contributed by atoms with van der Waals surface area (Å²) in [6.45, 7) is 6.66. The number of hydrogen-bond acceptors (Lipinski definition) is 3. The van der Waals surface area contributed by atoms with Crippen LogP contribution in [-0.2, 0) is 4.79 Å². The molecule has 0 radical (unpaired) electrons. The summed E-state index contributed by atoms with van der Waals surface area (Å²) in [5.41, 5.74) is 2.44. The van der Waals surface area contributed by atoms with Crippen LogP contribution in [0.15, 0.2) is 59.5 Å². The fourth-order valence-corrected chi connectivity index (χ4v) is 4.16. The van der Waals surface area contributed by atoms with E-state index in [1.807, 2.05) is 37.3 Å². The largest absolute Gasteiger partial charge is 0.371 e. The van der Waals surface area contributed by atoms with Gasteiger partial charge in [-0.2, -0.15) is 0 Å². The molecule has 0 aromatic heterocycles. The van der Waals surface area contributed by atoms with Crippen LogP contribution in [0, 0.1) is 5.92 Å². The van der Waals surface area contributed by atoms with Gasteiger partial charge in [-0.1, -0.05) is 37.3 Å². The number of nitrogens with zero attached hydrogens (tertiary/aromatic N) is 1. The van der Waals surface area contributed by atoms with Crippen molar-refractivity contribution in [3.05, 3.63) is 60.2 Å². The van der Waals surface area contributed by atoms with Crippen LogP contribution in [0.25, 0.3) is 0 Å². The number of hydrogen-bond donors (Lipinski definition) is 1. The Bertz CT molecular complexity index is 702. The maximum Gasteiger partial charge on any atom is 0.230 e. The zero-order valence-electron chi connectivity index (χ0n) is 15.7. The fourth-order valence-electron chi connectivity index (χ4n) is 3.43. The quantitative estimate of drug-likeness (QED) is 0.737. The third-order valence-electron chi connectivity index (χ3n) is 4.91. The normalized spacial score (nSPS) is 18.4. The Hall–Kier alpha value is -1.94. The minimum atomic E-state index is 0.0215. The lowest BCUT2D eigenvalue weighted by atomic mass is 9.99. The summed E-state index contributed by atoms with van der Waals surface area (Å²) in [4.78, 5) is 15.8. The summed E-state index contributed by atoms with van der Waals surface area (Å²) in [6, 6.07) is 18.7. The van der Waals surface area contributed by atoms with Crippen LogP contribution in [0.5, 0.6) is 0 Å². The van der Waals surface area contributed by atoms with Crippen LogP contribution < -0.4 is 10.2 Å². The Morgan fingerprint density at radius 1 is 1.19 bits per heavy atom. The number of amides is 1. The molecule has 1 saturated heterocycles. The molecule has 1 amide bonds. The number of carbonyl (C=O) groups excluding carboxylic acids is 1. The molecule has 0 aliphatic carbocycles. The topological polar surface area (TPSA) is 32.3 Å². The third-order valence-corrected chi connectivity index (χ3v) is 5.92. The predicted octanol–water partition coefficient (Wildman–Crippen LogP) is 4.89. The molecular formula is C22H28N2OS. The second-order valence-electron chi connectivity index (χ2n) is 7.18. The van der Waals surface area contributed by atoms with E-state index in [0.717, 1.165) is 29.5 Å². The number of thioether (sulfide) groups is 1. The molecule has 3 rings (SSSR count). The van der Waals surface area contributed by atoms with E-state index in [-0.39, 0.29) is 11.9 Å². The number of carbonyl (C=O) groups is 1. The van der Waals surface area contributed by atoms with Crippen molar-refractivity contribution in [2.45, 2.75) is 37.6 Å². The molecule has 1 heterocycles. The molecule has 1 N–H and O–H groups in total. The molecule has 1 fully saturated rings. The van der Waals surface area contributed by atoms with E-state index in [2.05, 4.69) is 41.4 Å². The number of nitrogens with one attached hydrogen (secondary N) is 1. The first kappa shape index (κ1) is 18.8. The van der Waals surface area contributed by atoms with Crippen LogP contribution in [0.3, 0.4) is 0 Å². The van der Waals surface area contributed by atoms with Gasteiger partial charge in [0.25, 0.3) is 0 Å². The lowest BCUT2D eigenvalue weighted by Gasteiger charge is -2.33. The van der Waals surface area contributed by atoms with Crippen molar-refractivity contribution in [2.24, 2.45) is 5.92 Å². The van der Waals surface area contributed by atoms with Crippen LogP contribution >= 0.6 is 11.8 Å². The highest BCUT2D eigenvalue weighted by Crippen LogP contribution is 2.25. The first-order valence-corrected chi connectivity index (χ1v) is 10.4. The highest BCUT2D eigenvalue weighted by Gasteiger charge is 2.17. The van der Waals surface area contributed by atoms with Crippen LogP contribution in [0.4, 0.5) is 5.69 Å². The van der Waals surface area contributed by atoms with Gasteiger partial charge in [-0.3, -0.25) is 4.79 Å². The van der Waals surface area contributed by atoms with E-state index < -0.39 is 0 Å². The van der Waals surface area contributed by atoms with E-state index in [0.29, 0.717) is 5.75 Å². The van der Waals surface area contributed by atoms with Gasteiger partial charge in [0, 0.05) is 23.7 Å². The van der Waals surface area contributed by atoms with Gasteiger partial charge in [-0.25, -0.2) is 0 Å². The average Bonchev–Trinajstić information content (AvgIpc) is 2.67. The van der Waals surface area contributed by atoms with Crippen molar-refractivity contribution in [2.75, 3.05) is 23.7 Å². The highest BCUT2D eigenvalue weighted by molar-refractivity contribution is 8.00. The first-order chi connectivity index (χ1) is 12.6. The molecule has 26 heavy (non-hydrogen) atoms. The zero-order valence-corrected chi connectivity index (χ0v) is 16.5. The molecule has 0 unspecified atom stereocenters. The molecule has 0 saturated carbocycles. The SMILES string of the molecule is C[C@H]1CCCN(c2ccc([C@@H](C)NC(=O)CSc3ccccc3)cc2)C1. The number of benzene rings is 2. The molecule has 3 nitrogen and oxygen atoms in total. The predicted molar refractivity (Wildman–Crippen MR) is 111 cm³/mol. The van der Waals surface area contributed by atoms with Gasteiger partial charge in [0.15, 0.2) is 0 Å². The van der Waals surface area contributed by atoms with Gasteiger partial charge in [-0.15, -0.1) is 11.8 Å². The summed E-state index contributed by atoms with van der Waals surface area (Å²) in [7, 11) is 0. The summed E-state index contributed by atoms with van der Waals surface area (Å²) < 4.78 is 0. The van der Waals surface area contributed by atoms with Gasteiger partial charge in [-0.05, 0) is 55.5 Å². The minimum Gasteiger partial charge on any atom is -0.371 e. The maximum atomic E-state index is 12.2. The number of piperidine rings is 1. The van der Waals surface area contributed by atoms with Crippen LogP contribution in [0.1, 0.15) is 38.3 Å². The standard InChI is InChI=1S/C22H28N2OS/c1-17-7-6-14-24(15-17)20-12-10-19(11-13-20)18(2)23-22(25)16-26-21-8-4-3-5-9-21/h3-5,8-13,17-18H,6-7,14-16H2,1-2H3,(H,23,25)/t17-,18+/m0/s1. The summed E-state index contributed by atoms with van der Waals surface area (Å²) in [6.07, 6.45) is 2.60. The van der Waals surface area contributed by atoms with Crippen molar-refractivity contribution in [1.29, 1.82) is 0 Å². The Kier molecular flexibility index (Phi) is 6.62. The van der Waals surface area contributed by atoms with Crippen molar-refractivity contribution in [3.63, 3.8) is 0 Å². The van der Waals surface area contributed by atoms with E-state index >= 15 is 0 Å².